The number of hydrogen-bond acceptors (Lipinski definition) is 7. The fourth-order valence-electron chi connectivity index (χ4n) is 3.48. The Morgan fingerprint density at radius 3 is 2.47 bits per heavy atom. The van der Waals surface area contributed by atoms with E-state index >= 15 is 0 Å². The van der Waals surface area contributed by atoms with Crippen LogP contribution >= 0.6 is 35.7 Å². The molecule has 152 valence electrons. The zero-order chi connectivity index (χ0) is 21.4. The molecule has 2 aromatic carbocycles. The second-order valence-corrected chi connectivity index (χ2v) is 9.98. The molecule has 3 aromatic rings. The normalized spacial score (nSPS) is 16.2. The van der Waals surface area contributed by atoms with Gasteiger partial charge in [-0.05, 0) is 67.1 Å². The van der Waals surface area contributed by atoms with Gasteiger partial charge in [0.15, 0.2) is 0 Å². The lowest BCUT2D eigenvalue weighted by Gasteiger charge is -2.04. The lowest BCUT2D eigenvalue weighted by atomic mass is 10.0. The van der Waals surface area contributed by atoms with Crippen LogP contribution in [0.3, 0.4) is 0 Å². The first-order chi connectivity index (χ1) is 14.4. The van der Waals surface area contributed by atoms with Gasteiger partial charge in [-0.1, -0.05) is 41.3 Å². The molecule has 0 bridgehead atoms. The lowest BCUT2D eigenvalue weighted by molar-refractivity contribution is -0.140. The fraction of sp³-hybridized carbons (Fsp3) is 0.182. The van der Waals surface area contributed by atoms with Gasteiger partial charge in [-0.3, -0.25) is 4.79 Å². The molecule has 0 atom stereocenters. The quantitative estimate of drug-likeness (QED) is 0.165. The van der Waals surface area contributed by atoms with Gasteiger partial charge in [-0.25, -0.2) is 4.79 Å². The van der Waals surface area contributed by atoms with E-state index in [4.69, 9.17) is 17.1 Å². The molecular weight excluding hydrogens is 436 g/mol. The van der Waals surface area contributed by atoms with Crippen LogP contribution in [0.25, 0.3) is 27.9 Å². The van der Waals surface area contributed by atoms with E-state index in [1.807, 2.05) is 25.1 Å². The van der Waals surface area contributed by atoms with Gasteiger partial charge in [0.05, 0.1) is 10.6 Å². The number of aromatic nitrogens is 1. The highest BCUT2D eigenvalue weighted by atomic mass is 32.2. The molecule has 0 unspecified atom stereocenters. The largest absolute Gasteiger partial charge is 0.341 e. The Bertz CT molecular complexity index is 1290. The van der Waals surface area contributed by atoms with Crippen molar-refractivity contribution in [2.45, 2.75) is 27.3 Å². The highest BCUT2D eigenvalue weighted by Gasteiger charge is 2.24. The Morgan fingerprint density at radius 1 is 1.13 bits per heavy atom. The van der Waals surface area contributed by atoms with Gasteiger partial charge in [0.25, 0.3) is 0 Å². The van der Waals surface area contributed by atoms with Crippen LogP contribution < -0.4 is 0 Å². The summed E-state index contributed by atoms with van der Waals surface area (Å²) in [6, 6.07) is 12.3. The minimum absolute atomic E-state index is 0.000627. The van der Waals surface area contributed by atoms with E-state index in [0.717, 1.165) is 51.2 Å². The first-order valence-electron chi connectivity index (χ1n) is 9.31. The third kappa shape index (κ3) is 3.95. The lowest BCUT2D eigenvalue weighted by Crippen LogP contribution is -1.99. The standard InChI is InChI=1S/C22H18N2O3S3/c1-4-24-18-7-5-14(10-20-21(26)30-22(28)29-20)9-16(18)17-11-15(6-8-19(17)24)12(2)23-27-13(3)25/h5-11H,4H2,1-3H3. The third-order valence-electron chi connectivity index (χ3n) is 4.80. The molecule has 5 nitrogen and oxygen atoms in total. The number of oxime groups is 1. The molecule has 0 amide bonds. The maximum atomic E-state index is 12.1. The van der Waals surface area contributed by atoms with Crippen LogP contribution in [0.4, 0.5) is 0 Å². The molecule has 2 heterocycles. The van der Waals surface area contributed by atoms with Gasteiger partial charge in [0.2, 0.25) is 5.12 Å². The summed E-state index contributed by atoms with van der Waals surface area (Å²) in [5.41, 5.74) is 4.70. The molecule has 8 heteroatoms. The fourth-order valence-corrected chi connectivity index (χ4v) is 5.66. The number of thiocarbonyl (C=S) groups is 1. The summed E-state index contributed by atoms with van der Waals surface area (Å²) in [7, 11) is 0. The molecule has 1 aromatic heterocycles. The van der Waals surface area contributed by atoms with Crippen LogP contribution in [-0.4, -0.2) is 24.9 Å². The number of benzene rings is 2. The van der Waals surface area contributed by atoms with E-state index in [-0.39, 0.29) is 5.12 Å². The Morgan fingerprint density at radius 2 is 1.83 bits per heavy atom. The van der Waals surface area contributed by atoms with E-state index in [9.17, 15) is 9.59 Å². The highest BCUT2D eigenvalue weighted by Crippen LogP contribution is 2.39. The van der Waals surface area contributed by atoms with Gasteiger partial charge in [-0.15, -0.1) is 0 Å². The summed E-state index contributed by atoms with van der Waals surface area (Å²) in [5.74, 6) is -0.451. The topological polar surface area (TPSA) is 60.7 Å². The minimum atomic E-state index is -0.451. The zero-order valence-corrected chi connectivity index (χ0v) is 19.0. The molecule has 1 aliphatic rings. The summed E-state index contributed by atoms with van der Waals surface area (Å²) in [6.07, 6.45) is 1.89. The second-order valence-electron chi connectivity index (χ2n) is 6.76. The molecule has 1 fully saturated rings. The van der Waals surface area contributed by atoms with Crippen molar-refractivity contribution < 1.29 is 14.4 Å². The maximum Gasteiger partial charge on any atom is 0.331 e. The molecule has 0 aliphatic carbocycles. The molecule has 0 N–H and O–H groups in total. The van der Waals surface area contributed by atoms with Crippen molar-refractivity contribution in [1.82, 2.24) is 4.57 Å². The first kappa shape index (κ1) is 20.8. The molecule has 0 spiro atoms. The summed E-state index contributed by atoms with van der Waals surface area (Å²) in [4.78, 5) is 28.6. The van der Waals surface area contributed by atoms with Crippen molar-refractivity contribution in [1.29, 1.82) is 0 Å². The number of hydrogen-bond donors (Lipinski definition) is 0. The first-order valence-corrected chi connectivity index (χ1v) is 11.4. The zero-order valence-electron chi connectivity index (χ0n) is 16.6. The number of carbonyl (C=O) groups is 2. The maximum absolute atomic E-state index is 12.1. The van der Waals surface area contributed by atoms with Crippen LogP contribution in [-0.2, 0) is 21.0 Å². The van der Waals surface area contributed by atoms with Gasteiger partial charge >= 0.3 is 5.97 Å². The number of aryl methyl sites for hydroxylation is 1. The predicted molar refractivity (Wildman–Crippen MR) is 130 cm³/mol. The number of nitrogens with zero attached hydrogens (tertiary/aromatic N) is 2. The molecule has 4 rings (SSSR count). The third-order valence-corrected chi connectivity index (χ3v) is 7.19. The number of carbonyl (C=O) groups excluding carboxylic acids is 2. The Balaban J connectivity index is 1.86. The Labute approximate surface area is 187 Å². The number of thioether (sulfide) groups is 2. The van der Waals surface area contributed by atoms with Crippen LogP contribution in [0, 0.1) is 0 Å². The smallest absolute Gasteiger partial charge is 0.331 e. The monoisotopic (exact) mass is 454 g/mol. The second kappa shape index (κ2) is 8.37. The average Bonchev–Trinajstić information content (AvgIpc) is 3.20. The van der Waals surface area contributed by atoms with Crippen molar-refractivity contribution in [3.63, 3.8) is 0 Å². The summed E-state index contributed by atoms with van der Waals surface area (Å²) < 4.78 is 2.90. The van der Waals surface area contributed by atoms with Gasteiger partial charge in [-0.2, -0.15) is 0 Å². The molecule has 30 heavy (non-hydrogen) atoms. The van der Waals surface area contributed by atoms with Gasteiger partial charge < -0.3 is 9.40 Å². The minimum Gasteiger partial charge on any atom is -0.341 e. The summed E-state index contributed by atoms with van der Waals surface area (Å²) in [6.45, 7) is 6.08. The van der Waals surface area contributed by atoms with Crippen LogP contribution in [0.2, 0.25) is 0 Å². The van der Waals surface area contributed by atoms with Crippen molar-refractivity contribution in [2.24, 2.45) is 5.16 Å². The van der Waals surface area contributed by atoms with Crippen LogP contribution in [0.15, 0.2) is 46.5 Å². The van der Waals surface area contributed by atoms with Crippen molar-refractivity contribution >= 4 is 83.9 Å². The predicted octanol–water partition coefficient (Wildman–Crippen LogP) is 5.73. The Hall–Kier alpha value is -2.42. The van der Waals surface area contributed by atoms with Crippen LogP contribution in [0.1, 0.15) is 31.9 Å². The Kier molecular flexibility index (Phi) is 5.81. The summed E-state index contributed by atoms with van der Waals surface area (Å²) >= 11 is 7.60. The van der Waals surface area contributed by atoms with Crippen molar-refractivity contribution in [3.05, 3.63) is 52.4 Å². The molecule has 1 saturated heterocycles. The van der Waals surface area contributed by atoms with Crippen LogP contribution in [0.5, 0.6) is 0 Å². The molecular formula is C22H18N2O3S3. The molecule has 0 radical (unpaired) electrons. The van der Waals surface area contributed by atoms with Gasteiger partial charge in [0.1, 0.15) is 3.53 Å². The van der Waals surface area contributed by atoms with E-state index in [0.29, 0.717) is 14.1 Å². The highest BCUT2D eigenvalue weighted by molar-refractivity contribution is 8.57. The SMILES string of the molecule is CCn1c2ccc(C=C3SC(=S)SC3=O)cc2c2cc(C(C)=NOC(C)=O)ccc21. The average molecular weight is 455 g/mol. The van der Waals surface area contributed by atoms with E-state index in [2.05, 4.69) is 40.9 Å². The van der Waals surface area contributed by atoms with Crippen molar-refractivity contribution in [2.75, 3.05) is 0 Å². The van der Waals surface area contributed by atoms with Gasteiger partial charge in [0, 0.05) is 35.3 Å². The van der Waals surface area contributed by atoms with E-state index in [1.165, 1.54) is 18.7 Å². The number of rotatable bonds is 4. The molecule has 1 aliphatic heterocycles. The van der Waals surface area contributed by atoms with E-state index < -0.39 is 5.97 Å². The number of fused-ring (bicyclic) bond motifs is 3. The molecule has 0 saturated carbocycles. The summed E-state index contributed by atoms with van der Waals surface area (Å²) in [5, 5.41) is 6.08. The van der Waals surface area contributed by atoms with Crippen molar-refractivity contribution in [3.8, 4) is 0 Å². The van der Waals surface area contributed by atoms with E-state index in [1.54, 1.807) is 0 Å².